The van der Waals surface area contributed by atoms with Gasteiger partial charge in [0.25, 0.3) is 5.91 Å². The first-order valence-corrected chi connectivity index (χ1v) is 8.18. The van der Waals surface area contributed by atoms with Crippen molar-refractivity contribution in [2.45, 2.75) is 53.0 Å². The van der Waals surface area contributed by atoms with E-state index in [0.717, 1.165) is 42.2 Å². The lowest BCUT2D eigenvalue weighted by molar-refractivity contribution is 0.0695. The molecule has 1 saturated carbocycles. The van der Waals surface area contributed by atoms with Gasteiger partial charge in [-0.3, -0.25) is 4.79 Å². The second-order valence-corrected chi connectivity index (χ2v) is 6.45. The van der Waals surface area contributed by atoms with E-state index in [-0.39, 0.29) is 11.9 Å². The van der Waals surface area contributed by atoms with Crippen molar-refractivity contribution in [3.63, 3.8) is 0 Å². The van der Waals surface area contributed by atoms with Gasteiger partial charge in [0, 0.05) is 30.4 Å². The van der Waals surface area contributed by atoms with Crippen molar-refractivity contribution in [3.8, 4) is 0 Å². The normalized spacial score (nSPS) is 14.3. The summed E-state index contributed by atoms with van der Waals surface area (Å²) in [7, 11) is 0. The maximum Gasteiger partial charge on any atom is 0.254 e. The third-order valence-corrected chi connectivity index (χ3v) is 4.07. The number of carbonyl (C=O) groups excluding carboxylic acids is 1. The summed E-state index contributed by atoms with van der Waals surface area (Å²) in [5, 5.41) is 3.37. The Bertz CT molecular complexity index is 492. The van der Waals surface area contributed by atoms with E-state index in [1.165, 1.54) is 12.8 Å². The number of nitrogens with one attached hydrogen (secondary N) is 1. The van der Waals surface area contributed by atoms with Crippen LogP contribution in [0.1, 0.15) is 56.0 Å². The van der Waals surface area contributed by atoms with Crippen LogP contribution in [0.15, 0.2) is 18.2 Å². The van der Waals surface area contributed by atoms with Gasteiger partial charge < -0.3 is 10.2 Å². The average molecular weight is 288 g/mol. The predicted octanol–water partition coefficient (Wildman–Crippen LogP) is 4.08. The van der Waals surface area contributed by atoms with Crippen molar-refractivity contribution in [3.05, 3.63) is 29.3 Å². The van der Waals surface area contributed by atoms with Crippen LogP contribution < -0.4 is 5.32 Å². The number of amides is 1. The first kappa shape index (κ1) is 15.9. The van der Waals surface area contributed by atoms with E-state index < -0.39 is 0 Å². The molecule has 0 atom stereocenters. The van der Waals surface area contributed by atoms with E-state index in [2.05, 4.69) is 32.2 Å². The zero-order chi connectivity index (χ0) is 15.4. The maximum absolute atomic E-state index is 12.8. The molecule has 3 nitrogen and oxygen atoms in total. The molecule has 1 aliphatic rings. The second kappa shape index (κ2) is 6.97. The van der Waals surface area contributed by atoms with Gasteiger partial charge in [0.05, 0.1) is 0 Å². The van der Waals surface area contributed by atoms with E-state index in [1.54, 1.807) is 0 Å². The van der Waals surface area contributed by atoms with Gasteiger partial charge >= 0.3 is 0 Å². The van der Waals surface area contributed by atoms with Gasteiger partial charge in [0.2, 0.25) is 0 Å². The van der Waals surface area contributed by atoms with E-state index >= 15 is 0 Å². The lowest BCUT2D eigenvalue weighted by Crippen LogP contribution is -2.38. The van der Waals surface area contributed by atoms with Crippen LogP contribution >= 0.6 is 0 Å². The molecule has 1 amide bonds. The molecule has 0 unspecified atom stereocenters. The molecule has 21 heavy (non-hydrogen) atoms. The summed E-state index contributed by atoms with van der Waals surface area (Å²) < 4.78 is 0. The molecule has 0 saturated heterocycles. The van der Waals surface area contributed by atoms with Crippen LogP contribution in [0, 0.1) is 12.8 Å². The SMILES string of the molecule is CCCNc1ccc(C(=O)N(CC2CC2)C(C)C)c(C)c1. The molecule has 0 spiro atoms. The summed E-state index contributed by atoms with van der Waals surface area (Å²) in [4.78, 5) is 14.8. The van der Waals surface area contributed by atoms with Crippen LogP contribution in [0.2, 0.25) is 0 Å². The third-order valence-electron chi connectivity index (χ3n) is 4.07. The van der Waals surface area contributed by atoms with Crippen LogP contribution in [0.3, 0.4) is 0 Å². The van der Waals surface area contributed by atoms with Crippen molar-refractivity contribution in [1.29, 1.82) is 0 Å². The molecule has 1 aliphatic carbocycles. The summed E-state index contributed by atoms with van der Waals surface area (Å²) in [6.07, 6.45) is 3.65. The smallest absolute Gasteiger partial charge is 0.254 e. The Morgan fingerprint density at radius 1 is 1.38 bits per heavy atom. The molecule has 0 radical (unpaired) electrons. The lowest BCUT2D eigenvalue weighted by atomic mass is 10.1. The fourth-order valence-corrected chi connectivity index (χ4v) is 2.54. The number of benzene rings is 1. The van der Waals surface area contributed by atoms with Crippen molar-refractivity contribution in [1.82, 2.24) is 4.90 Å². The van der Waals surface area contributed by atoms with Gasteiger partial charge in [-0.2, -0.15) is 0 Å². The number of nitrogens with zero attached hydrogens (tertiary/aromatic N) is 1. The number of hydrogen-bond donors (Lipinski definition) is 1. The second-order valence-electron chi connectivity index (χ2n) is 6.45. The minimum atomic E-state index is 0.177. The number of hydrogen-bond acceptors (Lipinski definition) is 2. The Labute approximate surface area is 128 Å². The molecule has 1 aromatic carbocycles. The minimum Gasteiger partial charge on any atom is -0.385 e. The van der Waals surface area contributed by atoms with Crippen molar-refractivity contribution in [2.24, 2.45) is 5.92 Å². The minimum absolute atomic E-state index is 0.177. The van der Waals surface area contributed by atoms with Crippen LogP contribution in [-0.4, -0.2) is 29.9 Å². The molecule has 0 aliphatic heterocycles. The molecule has 0 bridgehead atoms. The Hall–Kier alpha value is -1.51. The molecule has 1 fully saturated rings. The van der Waals surface area contributed by atoms with Crippen molar-refractivity contribution >= 4 is 11.6 Å². The largest absolute Gasteiger partial charge is 0.385 e. The molecule has 1 aromatic rings. The average Bonchev–Trinajstić information content (AvgIpc) is 3.25. The standard InChI is InChI=1S/C18H28N2O/c1-5-10-19-16-8-9-17(14(4)11-16)18(21)20(13(2)3)12-15-6-7-15/h8-9,11,13,15,19H,5-7,10,12H2,1-4H3. The highest BCUT2D eigenvalue weighted by Crippen LogP contribution is 2.31. The Morgan fingerprint density at radius 3 is 2.62 bits per heavy atom. The number of anilines is 1. The highest BCUT2D eigenvalue weighted by atomic mass is 16.2. The zero-order valence-electron chi connectivity index (χ0n) is 13.8. The van der Waals surface area contributed by atoms with E-state index in [1.807, 2.05) is 24.0 Å². The maximum atomic E-state index is 12.8. The van der Waals surface area contributed by atoms with Gasteiger partial charge in [0.1, 0.15) is 0 Å². The first-order chi connectivity index (χ1) is 10.0. The van der Waals surface area contributed by atoms with Crippen LogP contribution in [0.25, 0.3) is 0 Å². The Kier molecular flexibility index (Phi) is 5.27. The summed E-state index contributed by atoms with van der Waals surface area (Å²) in [6, 6.07) is 6.33. The monoisotopic (exact) mass is 288 g/mol. The van der Waals surface area contributed by atoms with Gasteiger partial charge in [-0.05, 0) is 69.7 Å². The zero-order valence-corrected chi connectivity index (χ0v) is 13.8. The van der Waals surface area contributed by atoms with Crippen LogP contribution in [0.4, 0.5) is 5.69 Å². The fourth-order valence-electron chi connectivity index (χ4n) is 2.54. The first-order valence-electron chi connectivity index (χ1n) is 8.18. The molecular formula is C18H28N2O. The quantitative estimate of drug-likeness (QED) is 0.820. The highest BCUT2D eigenvalue weighted by molar-refractivity contribution is 5.96. The predicted molar refractivity (Wildman–Crippen MR) is 88.9 cm³/mol. The number of aryl methyl sites for hydroxylation is 1. The van der Waals surface area contributed by atoms with Crippen molar-refractivity contribution < 1.29 is 4.79 Å². The van der Waals surface area contributed by atoms with Crippen LogP contribution in [0.5, 0.6) is 0 Å². The number of rotatable bonds is 7. The topological polar surface area (TPSA) is 32.3 Å². The molecule has 2 rings (SSSR count). The molecule has 116 valence electrons. The van der Waals surface area contributed by atoms with Gasteiger partial charge in [-0.25, -0.2) is 0 Å². The molecule has 3 heteroatoms. The van der Waals surface area contributed by atoms with Crippen molar-refractivity contribution in [2.75, 3.05) is 18.4 Å². The van der Waals surface area contributed by atoms with E-state index in [9.17, 15) is 4.79 Å². The summed E-state index contributed by atoms with van der Waals surface area (Å²) >= 11 is 0. The highest BCUT2D eigenvalue weighted by Gasteiger charge is 2.29. The van der Waals surface area contributed by atoms with E-state index in [4.69, 9.17) is 0 Å². The summed E-state index contributed by atoms with van der Waals surface area (Å²) in [6.45, 7) is 10.3. The molecular weight excluding hydrogens is 260 g/mol. The lowest BCUT2D eigenvalue weighted by Gasteiger charge is -2.27. The summed E-state index contributed by atoms with van der Waals surface area (Å²) in [5.41, 5.74) is 3.00. The third kappa shape index (κ3) is 4.23. The molecule has 0 aromatic heterocycles. The molecule has 0 heterocycles. The van der Waals surface area contributed by atoms with E-state index in [0.29, 0.717) is 0 Å². The van der Waals surface area contributed by atoms with Gasteiger partial charge in [-0.1, -0.05) is 6.92 Å². The Balaban J connectivity index is 2.12. The Morgan fingerprint density at radius 2 is 2.10 bits per heavy atom. The fraction of sp³-hybridized carbons (Fsp3) is 0.611. The number of carbonyl (C=O) groups is 1. The summed E-state index contributed by atoms with van der Waals surface area (Å²) in [5.74, 6) is 0.901. The molecule has 1 N–H and O–H groups in total. The van der Waals surface area contributed by atoms with Gasteiger partial charge in [0.15, 0.2) is 0 Å². The van der Waals surface area contributed by atoms with Crippen LogP contribution in [-0.2, 0) is 0 Å². The van der Waals surface area contributed by atoms with Gasteiger partial charge in [-0.15, -0.1) is 0 Å².